The van der Waals surface area contributed by atoms with Gasteiger partial charge in [0.15, 0.2) is 5.76 Å². The van der Waals surface area contributed by atoms with Crippen molar-refractivity contribution in [3.05, 3.63) is 64.2 Å². The Morgan fingerprint density at radius 2 is 2.11 bits per heavy atom. The van der Waals surface area contributed by atoms with Crippen molar-refractivity contribution in [3.63, 3.8) is 0 Å². The van der Waals surface area contributed by atoms with Gasteiger partial charge in [0.25, 0.3) is 0 Å². The van der Waals surface area contributed by atoms with Gasteiger partial charge in [-0.05, 0) is 25.1 Å². The fraction of sp³-hybridized carbons (Fsp3) is 0.286. The second-order valence-corrected chi connectivity index (χ2v) is 6.65. The van der Waals surface area contributed by atoms with Crippen LogP contribution in [0.3, 0.4) is 0 Å². The molecule has 2 aromatic carbocycles. The van der Waals surface area contributed by atoms with Crippen LogP contribution < -0.4 is 9.47 Å². The van der Waals surface area contributed by atoms with E-state index in [4.69, 9.17) is 14.2 Å². The van der Waals surface area contributed by atoms with Crippen molar-refractivity contribution >= 4 is 11.9 Å². The molecule has 0 aliphatic carbocycles. The van der Waals surface area contributed by atoms with Crippen molar-refractivity contribution < 1.29 is 23.4 Å². The van der Waals surface area contributed by atoms with E-state index in [2.05, 4.69) is 4.90 Å². The largest absolute Gasteiger partial charge is 0.477 e. The quantitative estimate of drug-likeness (QED) is 0.772. The van der Waals surface area contributed by atoms with Crippen LogP contribution in [0.1, 0.15) is 27.0 Å². The fourth-order valence-electron chi connectivity index (χ4n) is 3.39. The highest BCUT2D eigenvalue weighted by Crippen LogP contribution is 2.43. The van der Waals surface area contributed by atoms with Crippen LogP contribution in [0.5, 0.6) is 11.5 Å². The molecule has 0 unspecified atom stereocenters. The number of nitrogens with zero attached hydrogens (tertiary/aromatic N) is 1. The number of hydrogen-bond donors (Lipinski definition) is 0. The van der Waals surface area contributed by atoms with Gasteiger partial charge in [0.1, 0.15) is 24.0 Å². The number of methoxy groups -OCH3 is 1. The minimum absolute atomic E-state index is 0.122. The van der Waals surface area contributed by atoms with Crippen LogP contribution in [0.4, 0.5) is 4.39 Å². The molecule has 0 saturated carbocycles. The molecule has 2 heterocycles. The molecule has 0 aromatic heterocycles. The molecular formula is C21H20FNO4. The standard InChI is InChI=1S/C21H20FNO4/c1-13-20-15(11-23(12-26-20)7-8-25-2)9-16-19(24)18(27-21(13)16)10-14-5-3-4-6-17(14)22/h3-6,9-10H,7-8,11-12H2,1-2H3/b18-10-. The SMILES string of the molecule is COCCN1COc2c(cc3c(c2C)O/C(=C\c2ccccc2F)C3=O)C1. The number of rotatable bonds is 4. The van der Waals surface area contributed by atoms with Gasteiger partial charge in [-0.15, -0.1) is 0 Å². The third-order valence-electron chi connectivity index (χ3n) is 4.81. The van der Waals surface area contributed by atoms with E-state index in [9.17, 15) is 9.18 Å². The van der Waals surface area contributed by atoms with Crippen LogP contribution in [-0.4, -0.2) is 37.7 Å². The second kappa shape index (κ2) is 7.13. The lowest BCUT2D eigenvalue weighted by molar-refractivity contribution is 0.0649. The van der Waals surface area contributed by atoms with E-state index in [-0.39, 0.29) is 11.5 Å². The van der Waals surface area contributed by atoms with Crippen molar-refractivity contribution in [2.75, 3.05) is 27.0 Å². The molecule has 6 heteroatoms. The van der Waals surface area contributed by atoms with Gasteiger partial charge < -0.3 is 14.2 Å². The summed E-state index contributed by atoms with van der Waals surface area (Å²) in [6.07, 6.45) is 1.45. The second-order valence-electron chi connectivity index (χ2n) is 6.65. The van der Waals surface area contributed by atoms with Crippen LogP contribution in [0.15, 0.2) is 36.1 Å². The van der Waals surface area contributed by atoms with Gasteiger partial charge >= 0.3 is 0 Å². The van der Waals surface area contributed by atoms with Crippen LogP contribution in [-0.2, 0) is 11.3 Å². The predicted molar refractivity (Wildman–Crippen MR) is 98.3 cm³/mol. The first kappa shape index (κ1) is 17.7. The number of hydrogen-bond acceptors (Lipinski definition) is 5. The van der Waals surface area contributed by atoms with Crippen LogP contribution in [0.25, 0.3) is 6.08 Å². The minimum atomic E-state index is -0.398. The Balaban J connectivity index is 1.67. The normalized spacial score (nSPS) is 17.4. The Morgan fingerprint density at radius 1 is 1.30 bits per heavy atom. The number of halogens is 1. The summed E-state index contributed by atoms with van der Waals surface area (Å²) < 4.78 is 30.7. The summed E-state index contributed by atoms with van der Waals surface area (Å²) in [5, 5.41) is 0. The van der Waals surface area contributed by atoms with Crippen molar-refractivity contribution in [2.45, 2.75) is 13.5 Å². The highest BCUT2D eigenvalue weighted by Gasteiger charge is 2.33. The summed E-state index contributed by atoms with van der Waals surface area (Å²) in [5.74, 6) is 0.726. The summed E-state index contributed by atoms with van der Waals surface area (Å²) in [4.78, 5) is 14.9. The zero-order valence-corrected chi connectivity index (χ0v) is 15.3. The molecule has 2 aromatic rings. The van der Waals surface area contributed by atoms with Crippen molar-refractivity contribution in [3.8, 4) is 11.5 Å². The van der Waals surface area contributed by atoms with E-state index >= 15 is 0 Å². The van der Waals surface area contributed by atoms with E-state index < -0.39 is 5.82 Å². The molecule has 0 saturated heterocycles. The molecule has 0 amide bonds. The number of fused-ring (bicyclic) bond motifs is 2. The molecule has 2 aliphatic rings. The number of ether oxygens (including phenoxy) is 3. The smallest absolute Gasteiger partial charge is 0.231 e. The first-order chi connectivity index (χ1) is 13.1. The van der Waals surface area contributed by atoms with Gasteiger partial charge in [-0.3, -0.25) is 9.69 Å². The van der Waals surface area contributed by atoms with Gasteiger partial charge in [0.05, 0.1) is 12.2 Å². The Hall–Kier alpha value is -2.70. The zero-order chi connectivity index (χ0) is 19.0. The number of carbonyl (C=O) groups is 1. The van der Waals surface area contributed by atoms with Gasteiger partial charge in [0, 0.05) is 36.9 Å². The number of allylic oxidation sites excluding steroid dienone is 1. The zero-order valence-electron chi connectivity index (χ0n) is 15.3. The third-order valence-corrected chi connectivity index (χ3v) is 4.81. The summed E-state index contributed by atoms with van der Waals surface area (Å²) >= 11 is 0. The van der Waals surface area contributed by atoms with Gasteiger partial charge in [-0.2, -0.15) is 0 Å². The maximum atomic E-state index is 13.9. The maximum absolute atomic E-state index is 13.9. The van der Waals surface area contributed by atoms with Crippen LogP contribution in [0.2, 0.25) is 0 Å². The van der Waals surface area contributed by atoms with E-state index in [1.807, 2.05) is 13.0 Å². The van der Waals surface area contributed by atoms with E-state index in [1.165, 1.54) is 12.1 Å². The highest BCUT2D eigenvalue weighted by molar-refractivity contribution is 6.15. The molecule has 0 spiro atoms. The molecule has 27 heavy (non-hydrogen) atoms. The molecular weight excluding hydrogens is 349 g/mol. The van der Waals surface area contributed by atoms with Crippen molar-refractivity contribution in [2.24, 2.45) is 0 Å². The lowest BCUT2D eigenvalue weighted by Gasteiger charge is -2.30. The Morgan fingerprint density at radius 3 is 2.89 bits per heavy atom. The van der Waals surface area contributed by atoms with E-state index in [0.717, 1.165) is 23.4 Å². The average molecular weight is 369 g/mol. The number of benzene rings is 2. The van der Waals surface area contributed by atoms with Gasteiger partial charge in [0.2, 0.25) is 5.78 Å². The molecule has 0 fully saturated rings. The molecule has 0 N–H and O–H groups in total. The molecule has 5 nitrogen and oxygen atoms in total. The molecule has 0 radical (unpaired) electrons. The van der Waals surface area contributed by atoms with Crippen molar-refractivity contribution in [1.29, 1.82) is 0 Å². The lowest BCUT2D eigenvalue weighted by Crippen LogP contribution is -2.34. The van der Waals surface area contributed by atoms with Gasteiger partial charge in [-0.25, -0.2) is 4.39 Å². The highest BCUT2D eigenvalue weighted by atomic mass is 19.1. The average Bonchev–Trinajstić information content (AvgIpc) is 2.98. The van der Waals surface area contributed by atoms with Crippen LogP contribution >= 0.6 is 0 Å². The number of carbonyl (C=O) groups excluding carboxylic acids is 1. The third kappa shape index (κ3) is 3.22. The van der Waals surface area contributed by atoms with Gasteiger partial charge in [-0.1, -0.05) is 18.2 Å². The summed E-state index contributed by atoms with van der Waals surface area (Å²) in [7, 11) is 1.66. The van der Waals surface area contributed by atoms with Crippen LogP contribution in [0, 0.1) is 12.7 Å². The Labute approximate surface area is 156 Å². The Kier molecular flexibility index (Phi) is 4.68. The maximum Gasteiger partial charge on any atom is 0.231 e. The summed E-state index contributed by atoms with van der Waals surface area (Å²) in [5.41, 5.74) is 2.54. The molecule has 4 rings (SSSR count). The van der Waals surface area contributed by atoms with E-state index in [0.29, 0.717) is 36.8 Å². The topological polar surface area (TPSA) is 48.0 Å². The molecule has 0 atom stereocenters. The molecule has 140 valence electrons. The monoisotopic (exact) mass is 369 g/mol. The molecule has 0 bridgehead atoms. The van der Waals surface area contributed by atoms with E-state index in [1.54, 1.807) is 25.3 Å². The summed E-state index contributed by atoms with van der Waals surface area (Å²) in [6, 6.07) is 8.10. The molecule has 2 aliphatic heterocycles. The Bertz CT molecular complexity index is 938. The first-order valence-electron chi connectivity index (χ1n) is 8.78. The number of Topliss-reactive ketones (excluding diaryl/α,β-unsaturated/α-hetero) is 1. The van der Waals surface area contributed by atoms with Crippen molar-refractivity contribution in [1.82, 2.24) is 4.90 Å². The minimum Gasteiger partial charge on any atom is -0.477 e. The fourth-order valence-corrected chi connectivity index (χ4v) is 3.39. The summed E-state index contributed by atoms with van der Waals surface area (Å²) in [6.45, 7) is 4.37. The number of ketones is 1. The first-order valence-corrected chi connectivity index (χ1v) is 8.78. The lowest BCUT2D eigenvalue weighted by atomic mass is 10.00. The predicted octanol–water partition coefficient (Wildman–Crippen LogP) is 3.55.